The van der Waals surface area contributed by atoms with Crippen LogP contribution in [-0.4, -0.2) is 11.7 Å². The molecule has 1 heterocycles. The van der Waals surface area contributed by atoms with E-state index in [1.165, 1.54) is 0 Å². The summed E-state index contributed by atoms with van der Waals surface area (Å²) in [6.45, 7) is 0.480. The zero-order chi connectivity index (χ0) is 11.0. The molecule has 0 unspecified atom stereocenters. The normalized spacial score (nSPS) is 10.9. The van der Waals surface area contributed by atoms with Gasteiger partial charge in [0.1, 0.15) is 5.75 Å². The maximum atomic E-state index is 6.07. The van der Waals surface area contributed by atoms with Gasteiger partial charge in [-0.3, -0.25) is 0 Å². The second-order valence-electron chi connectivity index (χ2n) is 3.44. The van der Waals surface area contributed by atoms with Gasteiger partial charge < -0.3 is 15.0 Å². The Morgan fingerprint density at radius 3 is 2.80 bits per heavy atom. The summed E-state index contributed by atoms with van der Waals surface area (Å²) in [4.78, 5) is 0. The summed E-state index contributed by atoms with van der Waals surface area (Å²) >= 11 is 6.07. The van der Waals surface area contributed by atoms with Crippen LogP contribution in [0.4, 0.5) is 0 Å². The van der Waals surface area contributed by atoms with Crippen molar-refractivity contribution in [3.05, 3.63) is 28.9 Å². The van der Waals surface area contributed by atoms with E-state index in [2.05, 4.69) is 0 Å². The molecule has 0 atom stereocenters. The van der Waals surface area contributed by atoms with E-state index >= 15 is 0 Å². The molecule has 1 aromatic carbocycles. The molecule has 80 valence electrons. The van der Waals surface area contributed by atoms with Gasteiger partial charge in [0.05, 0.1) is 17.6 Å². The molecule has 0 saturated carbocycles. The molecular weight excluding hydrogens is 212 g/mol. The Balaban J connectivity index is 2.88. The molecule has 2 rings (SSSR count). The van der Waals surface area contributed by atoms with Gasteiger partial charge >= 0.3 is 0 Å². The lowest BCUT2D eigenvalue weighted by atomic mass is 10.1. The number of rotatable bonds is 2. The Morgan fingerprint density at radius 2 is 2.20 bits per heavy atom. The van der Waals surface area contributed by atoms with Gasteiger partial charge in [0.2, 0.25) is 0 Å². The first kappa shape index (κ1) is 10.3. The van der Waals surface area contributed by atoms with Crippen molar-refractivity contribution >= 4 is 22.5 Å². The lowest BCUT2D eigenvalue weighted by Gasteiger charge is -2.06. The lowest BCUT2D eigenvalue weighted by molar-refractivity contribution is 0.420. The van der Waals surface area contributed by atoms with E-state index in [0.717, 1.165) is 16.5 Å². The molecule has 0 fully saturated rings. The topological polar surface area (TPSA) is 40.2 Å². The summed E-state index contributed by atoms with van der Waals surface area (Å²) < 4.78 is 7.34. The largest absolute Gasteiger partial charge is 0.494 e. The fourth-order valence-electron chi connectivity index (χ4n) is 1.87. The van der Waals surface area contributed by atoms with Gasteiger partial charge in [0, 0.05) is 25.2 Å². The zero-order valence-electron chi connectivity index (χ0n) is 8.75. The molecule has 0 aliphatic heterocycles. The Kier molecular flexibility index (Phi) is 2.59. The van der Waals surface area contributed by atoms with Crippen molar-refractivity contribution in [2.24, 2.45) is 12.8 Å². The predicted molar refractivity (Wildman–Crippen MR) is 62.4 cm³/mol. The first-order valence-corrected chi connectivity index (χ1v) is 5.07. The standard InChI is InChI=1S/C11H13ClN2O/c1-14-6-7(5-13)10-9(14)4-3-8(12)11(10)15-2/h3-4,6H,5,13H2,1-2H3. The number of hydrogen-bond donors (Lipinski definition) is 1. The van der Waals surface area contributed by atoms with Crippen molar-refractivity contribution < 1.29 is 4.74 Å². The molecule has 0 radical (unpaired) electrons. The highest BCUT2D eigenvalue weighted by molar-refractivity contribution is 6.33. The van der Waals surface area contributed by atoms with Gasteiger partial charge in [-0.2, -0.15) is 0 Å². The third-order valence-corrected chi connectivity index (χ3v) is 2.86. The SMILES string of the molecule is COc1c(Cl)ccc2c1c(CN)cn2C. The third-order valence-electron chi connectivity index (χ3n) is 2.56. The number of methoxy groups -OCH3 is 1. The van der Waals surface area contributed by atoms with E-state index in [-0.39, 0.29) is 0 Å². The van der Waals surface area contributed by atoms with E-state index in [1.807, 2.05) is 29.9 Å². The summed E-state index contributed by atoms with van der Waals surface area (Å²) in [6.07, 6.45) is 2.00. The van der Waals surface area contributed by atoms with Crippen LogP contribution in [0.1, 0.15) is 5.56 Å². The molecule has 0 aliphatic carbocycles. The number of benzene rings is 1. The van der Waals surface area contributed by atoms with Crippen LogP contribution in [0.2, 0.25) is 5.02 Å². The van der Waals surface area contributed by atoms with Crippen molar-refractivity contribution in [1.82, 2.24) is 4.57 Å². The van der Waals surface area contributed by atoms with Crippen molar-refractivity contribution in [2.75, 3.05) is 7.11 Å². The average molecular weight is 225 g/mol. The Bertz CT molecular complexity index is 505. The molecule has 3 nitrogen and oxygen atoms in total. The van der Waals surface area contributed by atoms with Gasteiger partial charge in [-0.25, -0.2) is 0 Å². The van der Waals surface area contributed by atoms with E-state index in [9.17, 15) is 0 Å². The van der Waals surface area contributed by atoms with Crippen LogP contribution in [0.3, 0.4) is 0 Å². The molecule has 2 N–H and O–H groups in total. The highest BCUT2D eigenvalue weighted by atomic mass is 35.5. The van der Waals surface area contributed by atoms with Crippen molar-refractivity contribution in [3.8, 4) is 5.75 Å². The molecule has 0 bridgehead atoms. The molecule has 1 aromatic heterocycles. The van der Waals surface area contributed by atoms with E-state index in [4.69, 9.17) is 22.1 Å². The van der Waals surface area contributed by atoms with Gasteiger partial charge in [0.25, 0.3) is 0 Å². The average Bonchev–Trinajstić information content (AvgIpc) is 2.55. The van der Waals surface area contributed by atoms with Crippen LogP contribution >= 0.6 is 11.6 Å². The fraction of sp³-hybridized carbons (Fsp3) is 0.273. The van der Waals surface area contributed by atoms with Crippen molar-refractivity contribution in [2.45, 2.75) is 6.54 Å². The Labute approximate surface area is 93.4 Å². The highest BCUT2D eigenvalue weighted by Gasteiger charge is 2.13. The summed E-state index contributed by atoms with van der Waals surface area (Å²) in [5.41, 5.74) is 7.82. The van der Waals surface area contributed by atoms with Crippen molar-refractivity contribution in [3.63, 3.8) is 0 Å². The maximum absolute atomic E-state index is 6.07. The number of nitrogens with two attached hydrogens (primary N) is 1. The smallest absolute Gasteiger partial charge is 0.147 e. The van der Waals surface area contributed by atoms with Crippen LogP contribution < -0.4 is 10.5 Å². The van der Waals surface area contributed by atoms with E-state index < -0.39 is 0 Å². The van der Waals surface area contributed by atoms with Crippen LogP contribution in [0.25, 0.3) is 10.9 Å². The number of fused-ring (bicyclic) bond motifs is 1. The van der Waals surface area contributed by atoms with Crippen LogP contribution in [0, 0.1) is 0 Å². The quantitative estimate of drug-likeness (QED) is 0.851. The number of hydrogen-bond acceptors (Lipinski definition) is 2. The molecule has 4 heteroatoms. The minimum absolute atomic E-state index is 0.480. The van der Waals surface area contributed by atoms with Crippen LogP contribution in [0.15, 0.2) is 18.3 Å². The fourth-order valence-corrected chi connectivity index (χ4v) is 2.11. The predicted octanol–water partition coefficient (Wildman–Crippen LogP) is 2.30. The molecular formula is C11H13ClN2O. The number of aryl methyl sites for hydroxylation is 1. The Morgan fingerprint density at radius 1 is 1.47 bits per heavy atom. The van der Waals surface area contributed by atoms with Gasteiger partial charge in [0.15, 0.2) is 0 Å². The summed E-state index contributed by atoms with van der Waals surface area (Å²) in [6, 6.07) is 3.81. The van der Waals surface area contributed by atoms with Gasteiger partial charge in [-0.1, -0.05) is 11.6 Å². The third kappa shape index (κ3) is 1.48. The molecule has 0 amide bonds. The van der Waals surface area contributed by atoms with E-state index in [1.54, 1.807) is 7.11 Å². The Hall–Kier alpha value is -1.19. The highest BCUT2D eigenvalue weighted by Crippen LogP contribution is 2.36. The minimum atomic E-state index is 0.480. The molecule has 0 aliphatic rings. The number of halogens is 1. The summed E-state index contributed by atoms with van der Waals surface area (Å²) in [5, 5.41) is 1.63. The summed E-state index contributed by atoms with van der Waals surface area (Å²) in [7, 11) is 3.60. The first-order chi connectivity index (χ1) is 7.19. The second kappa shape index (κ2) is 3.76. The number of aromatic nitrogens is 1. The summed E-state index contributed by atoms with van der Waals surface area (Å²) in [5.74, 6) is 0.704. The monoisotopic (exact) mass is 224 g/mol. The minimum Gasteiger partial charge on any atom is -0.494 e. The van der Waals surface area contributed by atoms with Crippen LogP contribution in [-0.2, 0) is 13.6 Å². The number of nitrogens with zero attached hydrogens (tertiary/aromatic N) is 1. The maximum Gasteiger partial charge on any atom is 0.147 e. The molecule has 2 aromatic rings. The first-order valence-electron chi connectivity index (χ1n) is 4.69. The lowest BCUT2D eigenvalue weighted by Crippen LogP contribution is -1.95. The number of ether oxygens (including phenoxy) is 1. The van der Waals surface area contributed by atoms with Crippen LogP contribution in [0.5, 0.6) is 5.75 Å². The second-order valence-corrected chi connectivity index (χ2v) is 3.85. The molecule has 0 saturated heterocycles. The van der Waals surface area contributed by atoms with Gasteiger partial charge in [-0.15, -0.1) is 0 Å². The zero-order valence-corrected chi connectivity index (χ0v) is 9.51. The molecule has 0 spiro atoms. The van der Waals surface area contributed by atoms with Gasteiger partial charge in [-0.05, 0) is 17.7 Å². The molecule has 15 heavy (non-hydrogen) atoms. The van der Waals surface area contributed by atoms with Crippen molar-refractivity contribution in [1.29, 1.82) is 0 Å². The van der Waals surface area contributed by atoms with E-state index in [0.29, 0.717) is 17.3 Å².